The van der Waals surface area contributed by atoms with Gasteiger partial charge in [0.05, 0.1) is 6.04 Å². The van der Waals surface area contributed by atoms with E-state index in [4.69, 9.17) is 0 Å². The first-order valence-electron chi connectivity index (χ1n) is 12.5. The van der Waals surface area contributed by atoms with Crippen LogP contribution in [0.5, 0.6) is 0 Å². The molecule has 6 heteroatoms. The van der Waals surface area contributed by atoms with E-state index in [2.05, 4.69) is 36.3 Å². The lowest BCUT2D eigenvalue weighted by molar-refractivity contribution is -0.133. The first-order valence-corrected chi connectivity index (χ1v) is 13.4. The van der Waals surface area contributed by atoms with Crippen LogP contribution in [0.3, 0.4) is 0 Å². The highest BCUT2D eigenvalue weighted by Crippen LogP contribution is 2.27. The number of hydrogen-bond acceptors (Lipinski definition) is 4. The van der Waals surface area contributed by atoms with Crippen LogP contribution in [-0.2, 0) is 16.0 Å². The Morgan fingerprint density at radius 3 is 2.73 bits per heavy atom. The number of hydrogen-bond donors (Lipinski definition) is 1. The van der Waals surface area contributed by atoms with E-state index in [1.165, 1.54) is 12.0 Å². The predicted octanol–water partition coefficient (Wildman–Crippen LogP) is 5.78. The van der Waals surface area contributed by atoms with Gasteiger partial charge >= 0.3 is 0 Å². The van der Waals surface area contributed by atoms with Crippen molar-refractivity contribution in [2.75, 3.05) is 6.54 Å². The number of nitrogens with zero attached hydrogens (tertiary/aromatic N) is 2. The fourth-order valence-corrected chi connectivity index (χ4v) is 5.33. The van der Waals surface area contributed by atoms with Crippen LogP contribution in [0.15, 0.2) is 41.9 Å². The first kappa shape index (κ1) is 25.4. The van der Waals surface area contributed by atoms with E-state index in [-0.39, 0.29) is 29.8 Å². The molecule has 0 radical (unpaired) electrons. The molecule has 1 aliphatic heterocycles. The predicted molar refractivity (Wildman–Crippen MR) is 135 cm³/mol. The molecular formula is C27H39N3O2S. The van der Waals surface area contributed by atoms with Crippen molar-refractivity contribution in [2.45, 2.75) is 84.2 Å². The summed E-state index contributed by atoms with van der Waals surface area (Å²) in [5.41, 5.74) is 1.18. The number of carbonyl (C=O) groups excluding carboxylic acids is 2. The van der Waals surface area contributed by atoms with Crippen LogP contribution < -0.4 is 5.32 Å². The fraction of sp³-hybridized carbons (Fsp3) is 0.593. The summed E-state index contributed by atoms with van der Waals surface area (Å²) < 4.78 is 0. The van der Waals surface area contributed by atoms with E-state index in [1.807, 2.05) is 35.4 Å². The third kappa shape index (κ3) is 7.66. The van der Waals surface area contributed by atoms with Gasteiger partial charge in [-0.1, -0.05) is 63.9 Å². The van der Waals surface area contributed by atoms with Crippen LogP contribution in [0.4, 0.5) is 0 Å². The zero-order valence-corrected chi connectivity index (χ0v) is 21.2. The first-order chi connectivity index (χ1) is 16.0. The Hall–Kier alpha value is -2.21. The van der Waals surface area contributed by atoms with E-state index in [0.29, 0.717) is 12.3 Å². The molecule has 2 amide bonds. The SMILES string of the molecule is CC[C@H](C)CCCC(=O)N1CCC[C@H]1C[C@@H](C)C(=O)NC(Cc1ccccc1)c1nccs1. The minimum absolute atomic E-state index is 0.0437. The van der Waals surface area contributed by atoms with Crippen LogP contribution in [0.2, 0.25) is 0 Å². The number of nitrogens with one attached hydrogen (secondary N) is 1. The zero-order chi connectivity index (χ0) is 23.6. The molecule has 1 fully saturated rings. The molecule has 1 aromatic heterocycles. The maximum atomic E-state index is 13.1. The molecule has 0 saturated carbocycles. The molecule has 1 N–H and O–H groups in total. The summed E-state index contributed by atoms with van der Waals surface area (Å²) >= 11 is 1.57. The molecule has 1 aromatic carbocycles. The molecule has 2 heterocycles. The Bertz CT molecular complexity index is 856. The molecule has 0 bridgehead atoms. The molecule has 33 heavy (non-hydrogen) atoms. The monoisotopic (exact) mass is 469 g/mol. The smallest absolute Gasteiger partial charge is 0.223 e. The maximum absolute atomic E-state index is 13.1. The van der Waals surface area contributed by atoms with Gasteiger partial charge in [0.2, 0.25) is 11.8 Å². The maximum Gasteiger partial charge on any atom is 0.223 e. The van der Waals surface area contributed by atoms with Crippen LogP contribution in [-0.4, -0.2) is 34.3 Å². The Labute approximate surface area is 203 Å². The fourth-order valence-electron chi connectivity index (χ4n) is 4.64. The van der Waals surface area contributed by atoms with Crippen LogP contribution >= 0.6 is 11.3 Å². The molecule has 3 rings (SSSR count). The Balaban J connectivity index is 1.55. The van der Waals surface area contributed by atoms with Crippen molar-refractivity contribution >= 4 is 23.2 Å². The van der Waals surface area contributed by atoms with Crippen molar-refractivity contribution in [1.82, 2.24) is 15.2 Å². The number of likely N-dealkylation sites (tertiary alicyclic amines) is 1. The van der Waals surface area contributed by atoms with Crippen molar-refractivity contribution in [2.24, 2.45) is 11.8 Å². The third-order valence-electron chi connectivity index (χ3n) is 6.90. The lowest BCUT2D eigenvalue weighted by atomic mass is 9.97. The van der Waals surface area contributed by atoms with Crippen molar-refractivity contribution in [3.63, 3.8) is 0 Å². The van der Waals surface area contributed by atoms with Gasteiger partial charge in [0.15, 0.2) is 0 Å². The highest BCUT2D eigenvalue weighted by molar-refractivity contribution is 7.09. The van der Waals surface area contributed by atoms with E-state index in [0.717, 1.165) is 50.1 Å². The quantitative estimate of drug-likeness (QED) is 0.429. The van der Waals surface area contributed by atoms with Gasteiger partial charge in [-0.15, -0.1) is 11.3 Å². The minimum Gasteiger partial charge on any atom is -0.346 e. The van der Waals surface area contributed by atoms with E-state index >= 15 is 0 Å². The standard InChI is InChI=1S/C27H39N3O2S/c1-4-20(2)10-8-14-25(31)30-16-9-13-23(30)18-21(3)26(32)29-24(27-28-15-17-33-27)19-22-11-6-5-7-12-22/h5-7,11-12,15,17,20-21,23-24H,4,8-10,13-14,16,18-19H2,1-3H3,(H,29,32)/t20-,21+,23-,24?/m0/s1. The summed E-state index contributed by atoms with van der Waals surface area (Å²) in [6.45, 7) is 7.27. The number of thiazole rings is 1. The van der Waals surface area contributed by atoms with Crippen molar-refractivity contribution < 1.29 is 9.59 Å². The second-order valence-electron chi connectivity index (χ2n) is 9.55. The molecule has 4 atom stereocenters. The number of carbonyl (C=O) groups is 2. The summed E-state index contributed by atoms with van der Waals surface area (Å²) in [5, 5.41) is 6.12. The Morgan fingerprint density at radius 1 is 1.24 bits per heavy atom. The zero-order valence-electron chi connectivity index (χ0n) is 20.3. The van der Waals surface area contributed by atoms with Gasteiger partial charge in [-0.2, -0.15) is 0 Å². The molecule has 0 aliphatic carbocycles. The van der Waals surface area contributed by atoms with Crippen LogP contribution in [0.1, 0.15) is 82.3 Å². The summed E-state index contributed by atoms with van der Waals surface area (Å²) in [5.74, 6) is 0.833. The highest BCUT2D eigenvalue weighted by Gasteiger charge is 2.31. The second kappa shape index (κ2) is 12.9. The molecule has 180 valence electrons. The third-order valence-corrected chi connectivity index (χ3v) is 7.79. The average molecular weight is 470 g/mol. The van der Waals surface area contributed by atoms with Crippen LogP contribution in [0.25, 0.3) is 0 Å². The Morgan fingerprint density at radius 2 is 2.03 bits per heavy atom. The van der Waals surface area contributed by atoms with Crippen LogP contribution in [0, 0.1) is 11.8 Å². The largest absolute Gasteiger partial charge is 0.346 e. The van der Waals surface area contributed by atoms with Gasteiger partial charge in [0.25, 0.3) is 0 Å². The molecule has 1 unspecified atom stereocenters. The van der Waals surface area contributed by atoms with E-state index in [9.17, 15) is 9.59 Å². The molecular weight excluding hydrogens is 430 g/mol. The lowest BCUT2D eigenvalue weighted by Crippen LogP contribution is -2.40. The summed E-state index contributed by atoms with van der Waals surface area (Å²) in [4.78, 5) is 32.5. The average Bonchev–Trinajstić information content (AvgIpc) is 3.51. The van der Waals surface area contributed by atoms with E-state index in [1.54, 1.807) is 17.5 Å². The number of rotatable bonds is 12. The highest BCUT2D eigenvalue weighted by atomic mass is 32.1. The lowest BCUT2D eigenvalue weighted by Gasteiger charge is -2.28. The van der Waals surface area contributed by atoms with Crippen molar-refractivity contribution in [1.29, 1.82) is 0 Å². The number of benzene rings is 1. The summed E-state index contributed by atoms with van der Waals surface area (Å²) in [6.07, 6.45) is 9.12. The van der Waals surface area contributed by atoms with Gasteiger partial charge < -0.3 is 10.2 Å². The van der Waals surface area contributed by atoms with Gasteiger partial charge in [0.1, 0.15) is 5.01 Å². The topological polar surface area (TPSA) is 62.3 Å². The molecule has 5 nitrogen and oxygen atoms in total. The Kier molecular flexibility index (Phi) is 9.92. The van der Waals surface area contributed by atoms with Gasteiger partial charge in [-0.3, -0.25) is 9.59 Å². The normalized spacial score (nSPS) is 18.6. The van der Waals surface area contributed by atoms with Crippen molar-refractivity contribution in [3.8, 4) is 0 Å². The van der Waals surface area contributed by atoms with E-state index < -0.39 is 0 Å². The summed E-state index contributed by atoms with van der Waals surface area (Å²) in [7, 11) is 0. The minimum atomic E-state index is -0.151. The van der Waals surface area contributed by atoms with Gasteiger partial charge in [0, 0.05) is 36.5 Å². The molecule has 0 spiro atoms. The number of aromatic nitrogens is 1. The summed E-state index contributed by atoms with van der Waals surface area (Å²) in [6, 6.07) is 10.2. The van der Waals surface area contributed by atoms with Crippen molar-refractivity contribution in [3.05, 3.63) is 52.5 Å². The molecule has 1 saturated heterocycles. The second-order valence-corrected chi connectivity index (χ2v) is 10.5. The van der Waals surface area contributed by atoms with Gasteiger partial charge in [-0.05, 0) is 43.6 Å². The molecule has 1 aliphatic rings. The van der Waals surface area contributed by atoms with Gasteiger partial charge in [-0.25, -0.2) is 4.98 Å². The molecule has 2 aromatic rings. The number of amides is 2.